The highest BCUT2D eigenvalue weighted by molar-refractivity contribution is 7.79. The molecule has 9 nitrogen and oxygen atoms in total. The van der Waals surface area contributed by atoms with E-state index in [1.165, 1.54) is 15.8 Å². The van der Waals surface area contributed by atoms with Crippen LogP contribution in [-0.4, -0.2) is 86.0 Å². The third kappa shape index (κ3) is 7.25. The van der Waals surface area contributed by atoms with Crippen molar-refractivity contribution in [3.63, 3.8) is 0 Å². The number of benzene rings is 2. The molecular weight excluding hydrogens is 502 g/mol. The number of Topliss-reactive ketones (excluding diaryl/α,β-unsaturated/α-hetero) is 1. The summed E-state index contributed by atoms with van der Waals surface area (Å²) in [5, 5.41) is 3.57. The maximum Gasteiger partial charge on any atom is 0.394 e. The van der Waals surface area contributed by atoms with Crippen molar-refractivity contribution in [2.24, 2.45) is 0 Å². The lowest BCUT2D eigenvalue weighted by atomic mass is 9.99. The Labute approximate surface area is 215 Å². The second kappa shape index (κ2) is 11.7. The van der Waals surface area contributed by atoms with E-state index < -0.39 is 10.4 Å². The molecule has 5 rings (SSSR count). The van der Waals surface area contributed by atoms with Gasteiger partial charge in [-0.15, -0.1) is 11.3 Å². The summed E-state index contributed by atoms with van der Waals surface area (Å²) in [6.45, 7) is 7.40. The van der Waals surface area contributed by atoms with E-state index >= 15 is 0 Å². The molecule has 0 bridgehead atoms. The van der Waals surface area contributed by atoms with Crippen LogP contribution in [0.3, 0.4) is 0 Å². The first-order valence-corrected chi connectivity index (χ1v) is 14.1. The lowest BCUT2D eigenvalue weighted by molar-refractivity contribution is 0.0922. The molecule has 3 heterocycles. The Hall–Kier alpha value is -2.54. The average Bonchev–Trinajstić information content (AvgIpc) is 3.30. The lowest BCUT2D eigenvalue weighted by Gasteiger charge is -2.36. The Morgan fingerprint density at radius 2 is 1.78 bits per heavy atom. The Kier molecular flexibility index (Phi) is 8.60. The number of fused-ring (bicyclic) bond motifs is 2. The van der Waals surface area contributed by atoms with Crippen molar-refractivity contribution in [1.29, 1.82) is 0 Å². The van der Waals surface area contributed by atoms with Crippen LogP contribution in [0.4, 0.5) is 5.69 Å². The van der Waals surface area contributed by atoms with Crippen LogP contribution in [0, 0.1) is 0 Å². The number of hydrogen-bond donors (Lipinski definition) is 2. The number of nitrogens with zero attached hydrogens (tertiary/aromatic N) is 3. The second-order valence-corrected chi connectivity index (χ2v) is 10.8. The standard InChI is InChI=1S/C25H29N3O2S.H2O4S/c1-26-17-19-16-20(6-7-21(19)24(29)18-26)30-14-3-9-27-10-12-28(13-11-27)23-4-2-5-25-22(23)8-15-31-25;1-5(2,3)4/h2,4-8,15-16H,3,9-14,17-18H2,1H3;(H2,1,2,3,4). The summed E-state index contributed by atoms with van der Waals surface area (Å²) in [5.41, 5.74) is 3.30. The van der Waals surface area contributed by atoms with Crippen molar-refractivity contribution in [3.8, 4) is 5.75 Å². The van der Waals surface area contributed by atoms with E-state index in [0.717, 1.165) is 62.6 Å². The highest BCUT2D eigenvalue weighted by atomic mass is 32.3. The lowest BCUT2D eigenvalue weighted by Crippen LogP contribution is -2.46. The Bertz CT molecular complexity index is 1290. The van der Waals surface area contributed by atoms with E-state index in [2.05, 4.69) is 39.4 Å². The van der Waals surface area contributed by atoms with E-state index in [-0.39, 0.29) is 5.78 Å². The van der Waals surface area contributed by atoms with Gasteiger partial charge in [-0.2, -0.15) is 8.42 Å². The number of ether oxygens (including phenoxy) is 1. The van der Waals surface area contributed by atoms with Crippen LogP contribution < -0.4 is 9.64 Å². The zero-order chi connectivity index (χ0) is 25.7. The molecule has 1 fully saturated rings. The summed E-state index contributed by atoms with van der Waals surface area (Å²) >= 11 is 1.82. The van der Waals surface area contributed by atoms with Gasteiger partial charge in [0, 0.05) is 60.6 Å². The molecule has 0 saturated carbocycles. The van der Waals surface area contributed by atoms with Gasteiger partial charge in [-0.1, -0.05) is 6.07 Å². The normalized spacial score (nSPS) is 17.0. The van der Waals surface area contributed by atoms with E-state index in [9.17, 15) is 4.79 Å². The monoisotopic (exact) mass is 533 g/mol. The molecule has 1 aromatic heterocycles. The first-order chi connectivity index (χ1) is 17.2. The minimum Gasteiger partial charge on any atom is -0.494 e. The maximum absolute atomic E-state index is 12.1. The van der Waals surface area contributed by atoms with Crippen molar-refractivity contribution in [1.82, 2.24) is 9.80 Å². The number of carbonyl (C=O) groups is 1. The van der Waals surface area contributed by atoms with E-state index in [4.69, 9.17) is 22.3 Å². The van der Waals surface area contributed by atoms with Crippen LogP contribution in [0.5, 0.6) is 5.75 Å². The van der Waals surface area contributed by atoms with Crippen LogP contribution >= 0.6 is 11.3 Å². The summed E-state index contributed by atoms with van der Waals surface area (Å²) < 4.78 is 39.0. The Morgan fingerprint density at radius 1 is 1.03 bits per heavy atom. The number of rotatable bonds is 6. The van der Waals surface area contributed by atoms with Gasteiger partial charge in [-0.3, -0.25) is 23.7 Å². The smallest absolute Gasteiger partial charge is 0.394 e. The molecule has 0 atom stereocenters. The van der Waals surface area contributed by atoms with Gasteiger partial charge in [-0.25, -0.2) is 0 Å². The second-order valence-electron chi connectivity index (χ2n) is 9.00. The summed E-state index contributed by atoms with van der Waals surface area (Å²) in [6, 6.07) is 14.8. The SMILES string of the molecule is CN1CC(=O)c2ccc(OCCCN3CCN(c4cccc5sccc45)CC3)cc2C1.O=S(=O)(O)O. The van der Waals surface area contributed by atoms with Crippen molar-refractivity contribution in [2.45, 2.75) is 13.0 Å². The summed E-state index contributed by atoms with van der Waals surface area (Å²) in [7, 11) is -2.69. The molecule has 36 heavy (non-hydrogen) atoms. The molecule has 2 aromatic carbocycles. The molecule has 0 spiro atoms. The predicted molar refractivity (Wildman–Crippen MR) is 142 cm³/mol. The molecule has 0 unspecified atom stereocenters. The minimum absolute atomic E-state index is 0.199. The Balaban J connectivity index is 0.000000556. The molecule has 2 N–H and O–H groups in total. The fourth-order valence-electron chi connectivity index (χ4n) is 4.68. The molecule has 0 aliphatic carbocycles. The van der Waals surface area contributed by atoms with Crippen molar-refractivity contribution in [2.75, 3.05) is 57.8 Å². The number of likely N-dealkylation sites (N-methyl/N-ethyl adjacent to an activating group) is 1. The summed E-state index contributed by atoms with van der Waals surface area (Å²) in [6.07, 6.45) is 1.01. The van der Waals surface area contributed by atoms with Crippen LogP contribution in [0.25, 0.3) is 10.1 Å². The maximum atomic E-state index is 12.1. The number of piperazine rings is 1. The van der Waals surface area contributed by atoms with E-state index in [1.54, 1.807) is 0 Å². The highest BCUT2D eigenvalue weighted by Gasteiger charge is 2.21. The summed E-state index contributed by atoms with van der Waals surface area (Å²) in [5.74, 6) is 1.07. The quantitative estimate of drug-likeness (QED) is 0.363. The molecular formula is C25H31N3O6S2. The van der Waals surface area contributed by atoms with E-state index in [0.29, 0.717) is 13.2 Å². The highest BCUT2D eigenvalue weighted by Crippen LogP contribution is 2.31. The Morgan fingerprint density at radius 3 is 2.53 bits per heavy atom. The largest absolute Gasteiger partial charge is 0.494 e. The number of hydrogen-bond acceptors (Lipinski definition) is 8. The average molecular weight is 534 g/mol. The first kappa shape index (κ1) is 26.5. The first-order valence-electron chi connectivity index (χ1n) is 11.8. The molecule has 0 radical (unpaired) electrons. The fourth-order valence-corrected chi connectivity index (χ4v) is 5.49. The number of anilines is 1. The van der Waals surface area contributed by atoms with Gasteiger partial charge in [0.25, 0.3) is 0 Å². The molecule has 11 heteroatoms. The molecule has 2 aliphatic rings. The van der Waals surface area contributed by atoms with Gasteiger partial charge in [0.05, 0.1) is 13.2 Å². The fraction of sp³-hybridized carbons (Fsp3) is 0.400. The van der Waals surface area contributed by atoms with Crippen LogP contribution in [0.15, 0.2) is 47.8 Å². The number of carbonyl (C=O) groups excluding carboxylic acids is 1. The van der Waals surface area contributed by atoms with Crippen molar-refractivity contribution in [3.05, 3.63) is 59.0 Å². The van der Waals surface area contributed by atoms with Gasteiger partial charge in [0.1, 0.15) is 5.75 Å². The summed E-state index contributed by atoms with van der Waals surface area (Å²) in [4.78, 5) is 19.2. The molecule has 0 amide bonds. The zero-order valence-electron chi connectivity index (χ0n) is 20.2. The van der Waals surface area contributed by atoms with Gasteiger partial charge in [0.15, 0.2) is 5.78 Å². The van der Waals surface area contributed by atoms with Gasteiger partial charge in [-0.05, 0) is 60.8 Å². The van der Waals surface area contributed by atoms with Crippen LogP contribution in [0.2, 0.25) is 0 Å². The third-order valence-corrected chi connectivity index (χ3v) is 7.19. The number of thiophene rings is 1. The van der Waals surface area contributed by atoms with Gasteiger partial charge in [0.2, 0.25) is 0 Å². The molecule has 3 aromatic rings. The minimum atomic E-state index is -4.67. The number of ketones is 1. The van der Waals surface area contributed by atoms with Gasteiger partial charge >= 0.3 is 10.4 Å². The molecule has 1 saturated heterocycles. The molecule has 194 valence electrons. The third-order valence-electron chi connectivity index (χ3n) is 6.30. The van der Waals surface area contributed by atoms with Crippen LogP contribution in [-0.2, 0) is 16.9 Å². The topological polar surface area (TPSA) is 111 Å². The van der Waals surface area contributed by atoms with Crippen LogP contribution in [0.1, 0.15) is 22.3 Å². The van der Waals surface area contributed by atoms with Gasteiger partial charge < -0.3 is 9.64 Å². The zero-order valence-corrected chi connectivity index (χ0v) is 21.8. The van der Waals surface area contributed by atoms with E-state index in [1.807, 2.05) is 41.5 Å². The predicted octanol–water partition coefficient (Wildman–Crippen LogP) is 3.47. The molecule has 2 aliphatic heterocycles. The van der Waals surface area contributed by atoms with Crippen molar-refractivity contribution >= 4 is 43.3 Å². The van der Waals surface area contributed by atoms with Crippen molar-refractivity contribution < 1.29 is 27.1 Å².